The maximum atomic E-state index is 11.1. The molecule has 2 rings (SSSR count). The number of aryl methyl sites for hydroxylation is 2. The average molecular weight is 339 g/mol. The number of hydrogen-bond acceptors (Lipinski definition) is 4. The predicted octanol–water partition coefficient (Wildman–Crippen LogP) is 3.93. The number of hydrogen-bond donors (Lipinski definition) is 2. The van der Waals surface area contributed by atoms with Crippen LogP contribution in [0.25, 0.3) is 0 Å². The van der Waals surface area contributed by atoms with Crippen molar-refractivity contribution in [1.82, 2.24) is 5.16 Å². The average Bonchev–Trinajstić information content (AvgIpc) is 2.68. The predicted molar refractivity (Wildman–Crippen MR) is 79.1 cm³/mol. The van der Waals surface area contributed by atoms with Crippen molar-refractivity contribution >= 4 is 27.6 Å². The molecule has 0 fully saturated rings. The maximum Gasteiger partial charge on any atom is 0.335 e. The normalized spacial score (nSPS) is 12.2. The number of carbonyl (C=O) groups is 1. The molecule has 1 aromatic carbocycles. The maximum absolute atomic E-state index is 11.1. The van der Waals surface area contributed by atoms with Crippen molar-refractivity contribution in [3.63, 3.8) is 0 Å². The highest BCUT2D eigenvalue weighted by Crippen LogP contribution is 2.27. The first-order chi connectivity index (χ1) is 9.38. The summed E-state index contributed by atoms with van der Waals surface area (Å²) in [7, 11) is 0. The molecule has 6 heteroatoms. The molecule has 0 saturated heterocycles. The molecule has 5 nitrogen and oxygen atoms in total. The number of carboxylic acid groups (broad SMARTS) is 1. The largest absolute Gasteiger partial charge is 0.478 e. The SMILES string of the molecule is Cc1noc(C)c1C(C)Nc1cc(Br)cc(C(=O)O)c1. The lowest BCUT2D eigenvalue weighted by Crippen LogP contribution is -2.09. The molecule has 0 amide bonds. The third-order valence-electron chi connectivity index (χ3n) is 3.05. The molecule has 0 aliphatic heterocycles. The Bertz CT molecular complexity index is 632. The van der Waals surface area contributed by atoms with Gasteiger partial charge in [0, 0.05) is 15.7 Å². The van der Waals surface area contributed by atoms with Gasteiger partial charge in [-0.1, -0.05) is 21.1 Å². The van der Waals surface area contributed by atoms with Crippen molar-refractivity contribution in [2.24, 2.45) is 0 Å². The molecule has 1 unspecified atom stereocenters. The van der Waals surface area contributed by atoms with E-state index in [1.54, 1.807) is 12.1 Å². The molecule has 106 valence electrons. The minimum absolute atomic E-state index is 0.0304. The second kappa shape index (κ2) is 5.66. The van der Waals surface area contributed by atoms with E-state index in [0.29, 0.717) is 4.47 Å². The second-order valence-corrected chi connectivity index (χ2v) is 5.55. The van der Waals surface area contributed by atoms with Crippen molar-refractivity contribution < 1.29 is 14.4 Å². The molecule has 0 radical (unpaired) electrons. The number of nitrogens with one attached hydrogen (secondary N) is 1. The first-order valence-corrected chi connectivity index (χ1v) is 6.91. The van der Waals surface area contributed by atoms with E-state index in [1.807, 2.05) is 26.8 Å². The summed E-state index contributed by atoms with van der Waals surface area (Å²) in [6.45, 7) is 5.72. The number of carboxylic acids is 1. The van der Waals surface area contributed by atoms with Gasteiger partial charge in [-0.25, -0.2) is 4.79 Å². The second-order valence-electron chi connectivity index (χ2n) is 4.64. The number of aromatic carboxylic acids is 1. The van der Waals surface area contributed by atoms with Gasteiger partial charge in [0.05, 0.1) is 17.3 Å². The zero-order valence-electron chi connectivity index (χ0n) is 11.4. The van der Waals surface area contributed by atoms with Crippen molar-refractivity contribution in [2.75, 3.05) is 5.32 Å². The highest BCUT2D eigenvalue weighted by atomic mass is 79.9. The Hall–Kier alpha value is -1.82. The summed E-state index contributed by atoms with van der Waals surface area (Å²) in [4.78, 5) is 11.1. The van der Waals surface area contributed by atoms with E-state index in [1.165, 1.54) is 0 Å². The van der Waals surface area contributed by atoms with Crippen LogP contribution in [-0.2, 0) is 0 Å². The standard InChI is InChI=1S/C14H15BrN2O3/c1-7(13-8(2)17-20-9(13)3)16-12-5-10(14(18)19)4-11(15)6-12/h4-7,16H,1-3H3,(H,18,19). The van der Waals surface area contributed by atoms with Gasteiger partial charge in [0.2, 0.25) is 0 Å². The Morgan fingerprint density at radius 2 is 2.10 bits per heavy atom. The van der Waals surface area contributed by atoms with Crippen LogP contribution in [0.3, 0.4) is 0 Å². The summed E-state index contributed by atoms with van der Waals surface area (Å²) in [6, 6.07) is 4.97. The summed E-state index contributed by atoms with van der Waals surface area (Å²) in [5, 5.41) is 16.3. The molecule has 0 bridgehead atoms. The monoisotopic (exact) mass is 338 g/mol. The minimum Gasteiger partial charge on any atom is -0.478 e. The number of benzene rings is 1. The van der Waals surface area contributed by atoms with E-state index in [0.717, 1.165) is 22.7 Å². The van der Waals surface area contributed by atoms with Crippen molar-refractivity contribution in [3.05, 3.63) is 45.3 Å². The molecular formula is C14H15BrN2O3. The van der Waals surface area contributed by atoms with Gasteiger partial charge in [-0.15, -0.1) is 0 Å². The molecule has 2 aromatic rings. The van der Waals surface area contributed by atoms with Crippen LogP contribution in [0.15, 0.2) is 27.2 Å². The molecule has 1 heterocycles. The number of aromatic nitrogens is 1. The van der Waals surface area contributed by atoms with Crippen LogP contribution in [0.5, 0.6) is 0 Å². The lowest BCUT2D eigenvalue weighted by molar-refractivity contribution is 0.0697. The molecule has 20 heavy (non-hydrogen) atoms. The van der Waals surface area contributed by atoms with Crippen LogP contribution in [0.1, 0.15) is 40.3 Å². The molecule has 0 aliphatic rings. The van der Waals surface area contributed by atoms with E-state index in [2.05, 4.69) is 26.4 Å². The Balaban J connectivity index is 2.28. The van der Waals surface area contributed by atoms with Crippen molar-refractivity contribution in [3.8, 4) is 0 Å². The van der Waals surface area contributed by atoms with Gasteiger partial charge in [0.25, 0.3) is 0 Å². The van der Waals surface area contributed by atoms with Crippen LogP contribution in [0.4, 0.5) is 5.69 Å². The Morgan fingerprint density at radius 1 is 1.40 bits per heavy atom. The Kier molecular flexibility index (Phi) is 4.13. The zero-order chi connectivity index (χ0) is 14.9. The summed E-state index contributed by atoms with van der Waals surface area (Å²) in [5.41, 5.74) is 2.77. The Morgan fingerprint density at radius 3 is 2.65 bits per heavy atom. The van der Waals surface area contributed by atoms with Crippen LogP contribution in [0, 0.1) is 13.8 Å². The summed E-state index contributed by atoms with van der Waals surface area (Å²) >= 11 is 3.31. The number of nitrogens with zero attached hydrogens (tertiary/aromatic N) is 1. The van der Waals surface area contributed by atoms with Crippen molar-refractivity contribution in [1.29, 1.82) is 0 Å². The van der Waals surface area contributed by atoms with Gasteiger partial charge in [0.1, 0.15) is 5.76 Å². The fraction of sp³-hybridized carbons (Fsp3) is 0.286. The number of anilines is 1. The van der Waals surface area contributed by atoms with Gasteiger partial charge in [0.15, 0.2) is 0 Å². The van der Waals surface area contributed by atoms with Crippen LogP contribution < -0.4 is 5.32 Å². The van der Waals surface area contributed by atoms with Gasteiger partial charge in [-0.2, -0.15) is 0 Å². The lowest BCUT2D eigenvalue weighted by atomic mass is 10.1. The number of halogens is 1. The van der Waals surface area contributed by atoms with E-state index in [4.69, 9.17) is 9.63 Å². The molecule has 1 aromatic heterocycles. The van der Waals surface area contributed by atoms with Gasteiger partial charge < -0.3 is 14.9 Å². The number of rotatable bonds is 4. The zero-order valence-corrected chi connectivity index (χ0v) is 13.0. The molecular weight excluding hydrogens is 324 g/mol. The molecule has 0 aliphatic carbocycles. The van der Waals surface area contributed by atoms with Crippen molar-refractivity contribution in [2.45, 2.75) is 26.8 Å². The smallest absolute Gasteiger partial charge is 0.335 e. The summed E-state index contributed by atoms with van der Waals surface area (Å²) in [5.74, 6) is -0.199. The quantitative estimate of drug-likeness (QED) is 0.883. The highest BCUT2D eigenvalue weighted by molar-refractivity contribution is 9.10. The highest BCUT2D eigenvalue weighted by Gasteiger charge is 2.17. The van der Waals surface area contributed by atoms with Crippen LogP contribution >= 0.6 is 15.9 Å². The minimum atomic E-state index is -0.959. The topological polar surface area (TPSA) is 75.4 Å². The molecule has 2 N–H and O–H groups in total. The first-order valence-electron chi connectivity index (χ1n) is 6.11. The van der Waals surface area contributed by atoms with E-state index in [-0.39, 0.29) is 11.6 Å². The molecule has 0 spiro atoms. The molecule has 0 saturated carbocycles. The fourth-order valence-corrected chi connectivity index (χ4v) is 2.72. The molecule has 1 atom stereocenters. The van der Waals surface area contributed by atoms with Gasteiger partial charge >= 0.3 is 5.97 Å². The first kappa shape index (κ1) is 14.6. The lowest BCUT2D eigenvalue weighted by Gasteiger charge is -2.16. The van der Waals surface area contributed by atoms with E-state index in [9.17, 15) is 4.79 Å². The summed E-state index contributed by atoms with van der Waals surface area (Å²) < 4.78 is 5.86. The third-order valence-corrected chi connectivity index (χ3v) is 3.51. The Labute approximate surface area is 125 Å². The third kappa shape index (κ3) is 3.01. The van der Waals surface area contributed by atoms with Crippen LogP contribution in [-0.4, -0.2) is 16.2 Å². The summed E-state index contributed by atoms with van der Waals surface area (Å²) in [6.07, 6.45) is 0. The van der Waals surface area contributed by atoms with E-state index >= 15 is 0 Å². The van der Waals surface area contributed by atoms with E-state index < -0.39 is 5.97 Å². The van der Waals surface area contributed by atoms with Gasteiger partial charge in [-0.05, 0) is 39.0 Å². The van der Waals surface area contributed by atoms with Crippen LogP contribution in [0.2, 0.25) is 0 Å². The fourth-order valence-electron chi connectivity index (χ4n) is 2.23. The van der Waals surface area contributed by atoms with Gasteiger partial charge in [-0.3, -0.25) is 0 Å².